The van der Waals surface area contributed by atoms with Crippen LogP contribution in [0.15, 0.2) is 65.4 Å². The zero-order valence-corrected chi connectivity index (χ0v) is 25.6. The lowest BCUT2D eigenvalue weighted by atomic mass is 10.2. The Kier molecular flexibility index (Phi) is 9.02. The average molecular weight is 564 g/mol. The minimum Gasteiger partial charge on any atom is -0.335 e. The van der Waals surface area contributed by atoms with E-state index in [1.54, 1.807) is 0 Å². The summed E-state index contributed by atoms with van der Waals surface area (Å²) in [7, 11) is 0. The quantitative estimate of drug-likeness (QED) is 0.198. The summed E-state index contributed by atoms with van der Waals surface area (Å²) in [5, 5.41) is 2.63. The number of thioether (sulfide) groups is 5. The summed E-state index contributed by atoms with van der Waals surface area (Å²) in [5.41, 5.74) is 3.97. The smallest absolute Gasteiger partial charge is 0.262 e. The standard InChI is InChI=1S/C26H31N2S6/c1-8-27-17-12-21(29-4)23(31-6)14-19(17)33-25(27)10-16(3)11-26-28(9-2)18-13-22(30-5)24(32-7)15-20(18)34-26/h10-15H,8-9H2,1-7H3/q+1. The van der Waals surface area contributed by atoms with Gasteiger partial charge in [0.1, 0.15) is 11.2 Å². The second-order valence-electron chi connectivity index (χ2n) is 7.75. The number of thiazole rings is 1. The molecule has 0 atom stereocenters. The van der Waals surface area contributed by atoms with E-state index >= 15 is 0 Å². The molecule has 0 fully saturated rings. The van der Waals surface area contributed by atoms with Gasteiger partial charge >= 0.3 is 0 Å². The fourth-order valence-corrected chi connectivity index (χ4v) is 9.79. The Labute approximate surface area is 229 Å². The molecular weight excluding hydrogens is 533 g/mol. The number of fused-ring (bicyclic) bond motifs is 2. The van der Waals surface area contributed by atoms with Crippen LogP contribution in [0.3, 0.4) is 0 Å². The molecule has 4 rings (SSSR count). The highest BCUT2D eigenvalue weighted by Crippen LogP contribution is 2.49. The van der Waals surface area contributed by atoms with E-state index in [2.05, 4.69) is 91.7 Å². The highest BCUT2D eigenvalue weighted by atomic mass is 32.2. The molecule has 2 heterocycles. The first-order chi connectivity index (χ1) is 16.5. The van der Waals surface area contributed by atoms with Crippen molar-refractivity contribution in [2.24, 2.45) is 0 Å². The number of hydrogen-bond acceptors (Lipinski definition) is 7. The first-order valence-electron chi connectivity index (χ1n) is 11.2. The molecule has 2 aromatic carbocycles. The van der Waals surface area contributed by atoms with Crippen LogP contribution >= 0.6 is 70.1 Å². The Hall–Kier alpha value is -0.640. The lowest BCUT2D eigenvalue weighted by Crippen LogP contribution is -2.33. The Balaban J connectivity index is 1.72. The van der Waals surface area contributed by atoms with Gasteiger partial charge in [0.25, 0.3) is 5.01 Å². The normalized spacial score (nSPS) is 15.1. The van der Waals surface area contributed by atoms with Crippen LogP contribution in [0.1, 0.15) is 25.8 Å². The molecule has 3 aromatic rings. The third kappa shape index (κ3) is 5.09. The van der Waals surface area contributed by atoms with Crippen molar-refractivity contribution < 1.29 is 4.57 Å². The molecule has 2 nitrogen and oxygen atoms in total. The summed E-state index contributed by atoms with van der Waals surface area (Å²) in [6.07, 6.45) is 13.4. The van der Waals surface area contributed by atoms with Gasteiger partial charge in [-0.05, 0) is 75.6 Å². The fraction of sp³-hybridized carbons (Fsp3) is 0.346. The summed E-state index contributed by atoms with van der Waals surface area (Å²) in [6.45, 7) is 8.66. The minimum absolute atomic E-state index is 0.971. The van der Waals surface area contributed by atoms with E-state index in [1.807, 2.05) is 70.1 Å². The van der Waals surface area contributed by atoms with Crippen molar-refractivity contribution >= 4 is 92.1 Å². The van der Waals surface area contributed by atoms with Gasteiger partial charge in [-0.25, -0.2) is 0 Å². The molecule has 1 aliphatic rings. The first-order valence-corrected chi connectivity index (χ1v) is 17.7. The van der Waals surface area contributed by atoms with Crippen LogP contribution < -0.4 is 9.47 Å². The van der Waals surface area contributed by atoms with E-state index in [0.29, 0.717) is 0 Å². The molecule has 0 aliphatic carbocycles. The second kappa shape index (κ2) is 11.6. The van der Waals surface area contributed by atoms with Crippen molar-refractivity contribution in [1.82, 2.24) is 0 Å². The highest BCUT2D eigenvalue weighted by Gasteiger charge is 2.26. The maximum Gasteiger partial charge on any atom is 0.262 e. The summed E-state index contributed by atoms with van der Waals surface area (Å²) in [4.78, 5) is 9.28. The van der Waals surface area contributed by atoms with Crippen molar-refractivity contribution in [2.45, 2.75) is 51.8 Å². The monoisotopic (exact) mass is 563 g/mol. The van der Waals surface area contributed by atoms with Crippen molar-refractivity contribution in [3.05, 3.63) is 46.0 Å². The molecule has 1 aromatic heterocycles. The largest absolute Gasteiger partial charge is 0.335 e. The summed E-state index contributed by atoms with van der Waals surface area (Å²) in [5.74, 6) is 0. The van der Waals surface area contributed by atoms with Crippen molar-refractivity contribution in [2.75, 3.05) is 36.5 Å². The van der Waals surface area contributed by atoms with E-state index in [4.69, 9.17) is 0 Å². The van der Waals surface area contributed by atoms with E-state index < -0.39 is 0 Å². The zero-order valence-electron chi connectivity index (χ0n) is 20.7. The lowest BCUT2D eigenvalue weighted by Gasteiger charge is -2.19. The number of rotatable bonds is 8. The fourth-order valence-electron chi connectivity index (χ4n) is 4.16. The average Bonchev–Trinajstić information content (AvgIpc) is 3.36. The lowest BCUT2D eigenvalue weighted by molar-refractivity contribution is -0.665. The van der Waals surface area contributed by atoms with Gasteiger partial charge in [0.15, 0.2) is 0 Å². The van der Waals surface area contributed by atoms with Gasteiger partial charge in [-0.15, -0.1) is 47.0 Å². The Bertz CT molecular complexity index is 1270. The molecule has 1 aliphatic heterocycles. The van der Waals surface area contributed by atoms with Crippen molar-refractivity contribution in [3.8, 4) is 0 Å². The zero-order chi connectivity index (χ0) is 24.4. The number of hydrogen-bond donors (Lipinski definition) is 0. The molecule has 0 unspecified atom stereocenters. The molecule has 8 heteroatoms. The number of aryl methyl sites for hydroxylation is 1. The van der Waals surface area contributed by atoms with Crippen molar-refractivity contribution in [3.63, 3.8) is 0 Å². The summed E-state index contributed by atoms with van der Waals surface area (Å²) < 4.78 is 3.82. The first kappa shape index (κ1) is 26.4. The van der Waals surface area contributed by atoms with Gasteiger partial charge in [0, 0.05) is 43.2 Å². The molecule has 0 saturated heterocycles. The SMILES string of the molecule is CCN1C(=CC(C)=Cc2sc3cc(SC)c(SC)cc3[n+]2CC)Sc2cc(SC)c(SC)cc21. The Morgan fingerprint density at radius 1 is 0.912 bits per heavy atom. The summed E-state index contributed by atoms with van der Waals surface area (Å²) >= 11 is 11.1. The minimum atomic E-state index is 0.971. The topological polar surface area (TPSA) is 7.12 Å². The van der Waals surface area contributed by atoms with Crippen LogP contribution in [-0.4, -0.2) is 31.6 Å². The van der Waals surface area contributed by atoms with Crippen LogP contribution in [0.2, 0.25) is 0 Å². The molecule has 180 valence electrons. The van der Waals surface area contributed by atoms with Crippen LogP contribution in [0, 0.1) is 0 Å². The highest BCUT2D eigenvalue weighted by molar-refractivity contribution is 8.04. The number of allylic oxidation sites excluding steroid dienone is 2. The molecule has 0 amide bonds. The predicted octanol–water partition coefficient (Wildman–Crippen LogP) is 8.97. The van der Waals surface area contributed by atoms with E-state index in [-0.39, 0.29) is 0 Å². The van der Waals surface area contributed by atoms with Gasteiger partial charge in [-0.3, -0.25) is 0 Å². The Morgan fingerprint density at radius 3 is 2.15 bits per heavy atom. The van der Waals surface area contributed by atoms with Crippen LogP contribution in [0.4, 0.5) is 5.69 Å². The maximum absolute atomic E-state index is 2.45. The molecule has 0 bridgehead atoms. The Morgan fingerprint density at radius 2 is 1.53 bits per heavy atom. The van der Waals surface area contributed by atoms with E-state index in [0.717, 1.165) is 13.1 Å². The van der Waals surface area contributed by atoms with E-state index in [9.17, 15) is 0 Å². The van der Waals surface area contributed by atoms with Crippen LogP contribution in [-0.2, 0) is 6.54 Å². The number of benzene rings is 2. The van der Waals surface area contributed by atoms with E-state index in [1.165, 1.54) is 56.0 Å². The predicted molar refractivity (Wildman–Crippen MR) is 162 cm³/mol. The number of anilines is 1. The van der Waals surface area contributed by atoms with Gasteiger partial charge < -0.3 is 4.90 Å². The molecule has 0 radical (unpaired) electrons. The second-order valence-corrected chi connectivity index (χ2v) is 13.3. The molecule has 0 saturated carbocycles. The molecule has 0 N–H and O–H groups in total. The van der Waals surface area contributed by atoms with Gasteiger partial charge in [0.2, 0.25) is 5.52 Å². The molecule has 0 spiro atoms. The van der Waals surface area contributed by atoms with Gasteiger partial charge in [0.05, 0.1) is 10.7 Å². The number of aromatic nitrogens is 1. The summed E-state index contributed by atoms with van der Waals surface area (Å²) in [6, 6.07) is 9.46. The third-order valence-electron chi connectivity index (χ3n) is 5.81. The van der Waals surface area contributed by atoms with Gasteiger partial charge in [-0.2, -0.15) is 4.57 Å². The molecule has 34 heavy (non-hydrogen) atoms. The van der Waals surface area contributed by atoms with Crippen LogP contribution in [0.25, 0.3) is 16.3 Å². The number of nitrogens with zero attached hydrogens (tertiary/aromatic N) is 2. The molecular formula is C26H31N2S6+. The van der Waals surface area contributed by atoms with Gasteiger partial charge in [-0.1, -0.05) is 23.1 Å². The van der Waals surface area contributed by atoms with Crippen LogP contribution in [0.5, 0.6) is 0 Å². The van der Waals surface area contributed by atoms with Crippen molar-refractivity contribution in [1.29, 1.82) is 0 Å². The maximum atomic E-state index is 2.45. The third-order valence-corrected chi connectivity index (χ3v) is 11.4.